The molecule has 0 radical (unpaired) electrons. The molecule has 0 amide bonds. The lowest BCUT2D eigenvalue weighted by atomic mass is 9.82. The van der Waals surface area contributed by atoms with Crippen LogP contribution in [-0.2, 0) is 11.8 Å². The molecule has 0 bridgehead atoms. The molecule has 0 aliphatic heterocycles. The maximum Gasteiger partial charge on any atom is 0.114 e. The van der Waals surface area contributed by atoms with Gasteiger partial charge in [0.25, 0.3) is 0 Å². The predicted octanol–water partition coefficient (Wildman–Crippen LogP) is 1.34. The van der Waals surface area contributed by atoms with Crippen LogP contribution < -0.4 is 0 Å². The summed E-state index contributed by atoms with van der Waals surface area (Å²) in [7, 11) is 0. The van der Waals surface area contributed by atoms with Crippen molar-refractivity contribution in [2.24, 2.45) is 0 Å². The summed E-state index contributed by atoms with van der Waals surface area (Å²) in [6.07, 6.45) is 3.50. The quantitative estimate of drug-likeness (QED) is 0.801. The normalized spacial score (nSPS) is 11.9. The van der Waals surface area contributed by atoms with E-state index in [1.54, 1.807) is 24.5 Å². The summed E-state index contributed by atoms with van der Waals surface area (Å²) in [6, 6.07) is 7.06. The maximum absolute atomic E-state index is 9.49. The average molecular weight is 222 g/mol. The van der Waals surface area contributed by atoms with Gasteiger partial charge in [-0.2, -0.15) is 0 Å². The topological polar surface area (TPSA) is 66.7 Å². The first-order chi connectivity index (χ1) is 7.80. The second kappa shape index (κ2) is 4.55. The van der Waals surface area contributed by atoms with Crippen LogP contribution in [0.5, 0.6) is 0 Å². The molecule has 0 unspecified atom stereocenters. The maximum atomic E-state index is 9.49. The first-order valence-electron chi connectivity index (χ1n) is 5.09. The molecule has 4 heteroatoms. The molecule has 2 aromatic rings. The van der Waals surface area contributed by atoms with Crippen molar-refractivity contribution >= 4 is 0 Å². The largest absolute Gasteiger partial charge is 0.469 e. The molecule has 0 atom stereocenters. The van der Waals surface area contributed by atoms with Crippen LogP contribution in [-0.4, -0.2) is 23.4 Å². The molecule has 2 heterocycles. The van der Waals surface area contributed by atoms with E-state index in [0.29, 0.717) is 17.9 Å². The highest BCUT2D eigenvalue weighted by Crippen LogP contribution is 2.28. The first kappa shape index (κ1) is 11.0. The molecule has 0 fully saturated rings. The van der Waals surface area contributed by atoms with Crippen LogP contribution in [0.25, 0.3) is 0 Å². The van der Waals surface area contributed by atoms with Crippen molar-refractivity contribution in [2.45, 2.75) is 11.8 Å². The third kappa shape index (κ3) is 1.89. The number of aliphatic hydroxyl groups excluding tert-OH is 2. The van der Waals surface area contributed by atoms with Gasteiger partial charge in [-0.1, -0.05) is 0 Å². The molecule has 2 aromatic heterocycles. The van der Waals surface area contributed by atoms with E-state index in [0.717, 1.165) is 0 Å². The standard InChI is InChI=1S/C12H14O4/c13-8-12(9-14,11-4-2-6-16-11)7-10-3-1-5-15-10/h1-6,13-14H,7-9H2. The molecule has 0 spiro atoms. The predicted molar refractivity (Wildman–Crippen MR) is 57.0 cm³/mol. The second-order valence-corrected chi connectivity index (χ2v) is 3.83. The Morgan fingerprint density at radius 2 is 1.69 bits per heavy atom. The van der Waals surface area contributed by atoms with E-state index in [-0.39, 0.29) is 13.2 Å². The Balaban J connectivity index is 2.28. The van der Waals surface area contributed by atoms with E-state index >= 15 is 0 Å². The van der Waals surface area contributed by atoms with Crippen LogP contribution in [0.1, 0.15) is 11.5 Å². The second-order valence-electron chi connectivity index (χ2n) is 3.83. The molecule has 2 N–H and O–H groups in total. The van der Waals surface area contributed by atoms with Gasteiger partial charge >= 0.3 is 0 Å². The van der Waals surface area contributed by atoms with Gasteiger partial charge in [0.15, 0.2) is 0 Å². The zero-order valence-corrected chi connectivity index (χ0v) is 8.80. The van der Waals surface area contributed by atoms with E-state index in [2.05, 4.69) is 0 Å². The SMILES string of the molecule is OCC(CO)(Cc1ccco1)c1ccco1. The molecular formula is C12H14O4. The van der Waals surface area contributed by atoms with Gasteiger partial charge in [-0.05, 0) is 24.3 Å². The summed E-state index contributed by atoms with van der Waals surface area (Å²) in [5.74, 6) is 1.27. The van der Waals surface area contributed by atoms with Crippen LogP contribution in [0.15, 0.2) is 45.6 Å². The van der Waals surface area contributed by atoms with Gasteiger partial charge in [0.2, 0.25) is 0 Å². The van der Waals surface area contributed by atoms with Crippen LogP contribution in [0.2, 0.25) is 0 Å². The van der Waals surface area contributed by atoms with Gasteiger partial charge in [0.05, 0.1) is 31.2 Å². The van der Waals surface area contributed by atoms with E-state index in [1.165, 1.54) is 6.26 Å². The van der Waals surface area contributed by atoms with Crippen LogP contribution >= 0.6 is 0 Å². The van der Waals surface area contributed by atoms with Gasteiger partial charge < -0.3 is 19.0 Å². The first-order valence-corrected chi connectivity index (χ1v) is 5.09. The van der Waals surface area contributed by atoms with Gasteiger partial charge in [-0.25, -0.2) is 0 Å². The number of rotatable bonds is 5. The summed E-state index contributed by atoms with van der Waals surface area (Å²) in [6.45, 7) is -0.393. The third-order valence-electron chi connectivity index (χ3n) is 2.74. The van der Waals surface area contributed by atoms with Crippen molar-refractivity contribution in [1.29, 1.82) is 0 Å². The fourth-order valence-electron chi connectivity index (χ4n) is 1.73. The molecule has 2 rings (SSSR count). The Kier molecular flexibility index (Phi) is 3.12. The molecule has 4 nitrogen and oxygen atoms in total. The fraction of sp³-hybridized carbons (Fsp3) is 0.333. The van der Waals surface area contributed by atoms with Gasteiger partial charge in [-0.3, -0.25) is 0 Å². The lowest BCUT2D eigenvalue weighted by Crippen LogP contribution is -2.36. The summed E-state index contributed by atoms with van der Waals surface area (Å²) in [5.41, 5.74) is -0.818. The third-order valence-corrected chi connectivity index (χ3v) is 2.74. The van der Waals surface area contributed by atoms with Crippen molar-refractivity contribution in [1.82, 2.24) is 0 Å². The highest BCUT2D eigenvalue weighted by molar-refractivity contribution is 5.18. The van der Waals surface area contributed by atoms with Gasteiger partial charge in [0, 0.05) is 6.42 Å². The lowest BCUT2D eigenvalue weighted by Gasteiger charge is -2.26. The minimum Gasteiger partial charge on any atom is -0.469 e. The smallest absolute Gasteiger partial charge is 0.114 e. The molecule has 0 aliphatic rings. The Morgan fingerprint density at radius 1 is 1.00 bits per heavy atom. The highest BCUT2D eigenvalue weighted by Gasteiger charge is 2.35. The Bertz CT molecular complexity index is 398. The summed E-state index contributed by atoms with van der Waals surface area (Å²) in [4.78, 5) is 0. The summed E-state index contributed by atoms with van der Waals surface area (Å²) in [5, 5.41) is 19.0. The Morgan fingerprint density at radius 3 is 2.19 bits per heavy atom. The van der Waals surface area contributed by atoms with Crippen LogP contribution in [0.3, 0.4) is 0 Å². The summed E-state index contributed by atoms with van der Waals surface area (Å²) < 4.78 is 10.5. The minimum absolute atomic E-state index is 0.197. The minimum atomic E-state index is -0.818. The van der Waals surface area contributed by atoms with E-state index in [4.69, 9.17) is 8.83 Å². The van der Waals surface area contributed by atoms with Crippen molar-refractivity contribution in [2.75, 3.05) is 13.2 Å². The monoisotopic (exact) mass is 222 g/mol. The Labute approximate surface area is 93.1 Å². The van der Waals surface area contributed by atoms with Crippen molar-refractivity contribution in [3.05, 3.63) is 48.3 Å². The molecular weight excluding hydrogens is 208 g/mol. The van der Waals surface area contributed by atoms with Crippen LogP contribution in [0.4, 0.5) is 0 Å². The zero-order valence-electron chi connectivity index (χ0n) is 8.80. The lowest BCUT2D eigenvalue weighted by molar-refractivity contribution is 0.0946. The molecule has 0 aliphatic carbocycles. The van der Waals surface area contributed by atoms with E-state index < -0.39 is 5.41 Å². The number of hydrogen-bond donors (Lipinski definition) is 2. The zero-order chi connectivity index (χ0) is 11.4. The highest BCUT2D eigenvalue weighted by atomic mass is 16.3. The average Bonchev–Trinajstić information content (AvgIpc) is 2.99. The van der Waals surface area contributed by atoms with E-state index in [1.807, 2.05) is 6.07 Å². The molecule has 0 saturated heterocycles. The number of aliphatic hydroxyl groups is 2. The van der Waals surface area contributed by atoms with Crippen LogP contribution in [0, 0.1) is 0 Å². The van der Waals surface area contributed by atoms with Crippen molar-refractivity contribution in [3.63, 3.8) is 0 Å². The molecule has 16 heavy (non-hydrogen) atoms. The van der Waals surface area contributed by atoms with Crippen molar-refractivity contribution < 1.29 is 19.0 Å². The van der Waals surface area contributed by atoms with Gasteiger partial charge in [-0.15, -0.1) is 0 Å². The fourth-order valence-corrected chi connectivity index (χ4v) is 1.73. The molecule has 0 saturated carbocycles. The molecule has 0 aromatic carbocycles. The van der Waals surface area contributed by atoms with Gasteiger partial charge in [0.1, 0.15) is 11.5 Å². The van der Waals surface area contributed by atoms with Crippen molar-refractivity contribution in [3.8, 4) is 0 Å². The summed E-state index contributed by atoms with van der Waals surface area (Å²) >= 11 is 0. The van der Waals surface area contributed by atoms with E-state index in [9.17, 15) is 10.2 Å². The Hall–Kier alpha value is -1.52. The number of hydrogen-bond acceptors (Lipinski definition) is 4. The number of furan rings is 2. The molecule has 86 valence electrons.